The molecule has 8 nitrogen and oxygen atoms in total. The Hall–Kier alpha value is -1.04. The van der Waals surface area contributed by atoms with Gasteiger partial charge in [0.15, 0.2) is 17.7 Å². The van der Waals surface area contributed by atoms with Crippen molar-refractivity contribution in [3.8, 4) is 0 Å². The number of nitrogens with two attached hydrogens (primary N) is 1. The van der Waals surface area contributed by atoms with Crippen LogP contribution in [0.1, 0.15) is 30.6 Å². The van der Waals surface area contributed by atoms with E-state index < -0.39 is 29.6 Å². The minimum absolute atomic E-state index is 0.200. The summed E-state index contributed by atoms with van der Waals surface area (Å²) in [7, 11) is 0. The van der Waals surface area contributed by atoms with Crippen LogP contribution in [0.15, 0.2) is 17.2 Å². The van der Waals surface area contributed by atoms with Crippen LogP contribution in [0.4, 0.5) is 0 Å². The zero-order chi connectivity index (χ0) is 16.1. The van der Waals surface area contributed by atoms with Crippen LogP contribution < -0.4 is 11.3 Å². The normalized spacial score (nSPS) is 32.9. The van der Waals surface area contributed by atoms with Crippen LogP contribution in [0, 0.1) is 0 Å². The molecule has 2 aliphatic heterocycles. The Morgan fingerprint density at radius 2 is 2.14 bits per heavy atom. The molecule has 9 heteroatoms. The van der Waals surface area contributed by atoms with Crippen molar-refractivity contribution in [2.24, 2.45) is 5.73 Å². The minimum atomic E-state index is -0.872. The molecular formula is C13H16IN3O5. The Labute approximate surface area is 140 Å². The van der Waals surface area contributed by atoms with Crippen molar-refractivity contribution in [2.45, 2.75) is 44.2 Å². The Bertz CT molecular complexity index is 661. The highest BCUT2D eigenvalue weighted by molar-refractivity contribution is 14.1. The van der Waals surface area contributed by atoms with Gasteiger partial charge in [0.05, 0.1) is 6.10 Å². The number of alkyl halides is 1. The van der Waals surface area contributed by atoms with E-state index in [-0.39, 0.29) is 17.9 Å². The van der Waals surface area contributed by atoms with Gasteiger partial charge < -0.3 is 19.9 Å². The van der Waals surface area contributed by atoms with Gasteiger partial charge in [0.1, 0.15) is 12.2 Å². The van der Waals surface area contributed by atoms with Gasteiger partial charge in [0.2, 0.25) is 0 Å². The fourth-order valence-electron chi connectivity index (χ4n) is 2.80. The largest absolute Gasteiger partial charge is 0.364 e. The number of rotatable bonds is 3. The van der Waals surface area contributed by atoms with Gasteiger partial charge >= 0.3 is 0 Å². The van der Waals surface area contributed by atoms with E-state index in [1.54, 1.807) is 0 Å². The summed E-state index contributed by atoms with van der Waals surface area (Å²) in [6.07, 6.45) is 1.22. The molecule has 3 rings (SSSR count). The van der Waals surface area contributed by atoms with Crippen LogP contribution in [0.2, 0.25) is 0 Å². The van der Waals surface area contributed by atoms with E-state index in [0.717, 1.165) is 0 Å². The van der Waals surface area contributed by atoms with Gasteiger partial charge in [-0.15, -0.1) is 0 Å². The second-order valence-corrected chi connectivity index (χ2v) is 6.52. The summed E-state index contributed by atoms with van der Waals surface area (Å²) in [6.45, 7) is 3.63. The lowest BCUT2D eigenvalue weighted by Crippen LogP contribution is -2.37. The number of fused-ring (bicyclic) bond motifs is 1. The van der Waals surface area contributed by atoms with Gasteiger partial charge in [-0.05, 0) is 13.8 Å². The fraction of sp³-hybridized carbons (Fsp3) is 0.615. The van der Waals surface area contributed by atoms with E-state index in [0.29, 0.717) is 4.43 Å². The first-order valence-corrected chi connectivity index (χ1v) is 8.30. The first kappa shape index (κ1) is 15.8. The van der Waals surface area contributed by atoms with Crippen LogP contribution in [-0.4, -0.2) is 44.0 Å². The Morgan fingerprint density at radius 3 is 2.77 bits per heavy atom. The van der Waals surface area contributed by atoms with E-state index in [2.05, 4.69) is 27.6 Å². The highest BCUT2D eigenvalue weighted by atomic mass is 127. The van der Waals surface area contributed by atoms with Crippen LogP contribution in [-0.2, 0) is 14.2 Å². The molecule has 2 aliphatic rings. The third-order valence-electron chi connectivity index (χ3n) is 3.65. The molecular weight excluding hydrogens is 405 g/mol. The molecule has 2 saturated heterocycles. The SMILES string of the molecule is CC1(C)O[C@@H]2[C@H](O1)[C@H](n1ccnc(C(N)=O)c1=O)O[C@@H]2CI. The Balaban J connectivity index is 2.01. The quantitative estimate of drug-likeness (QED) is 0.552. The van der Waals surface area contributed by atoms with Crippen molar-refractivity contribution in [2.75, 3.05) is 4.43 Å². The van der Waals surface area contributed by atoms with Crippen LogP contribution in [0.3, 0.4) is 0 Å². The molecule has 2 fully saturated rings. The van der Waals surface area contributed by atoms with Gasteiger partial charge in [-0.3, -0.25) is 14.2 Å². The standard InChI is InChI=1S/C13H16IN3O5/c1-13(2)21-8-6(5-14)20-12(9(8)22-13)17-4-3-16-7(10(15)18)11(17)19/h3-4,6,8-9,12H,5H2,1-2H3,(H2,15,18)/t6-,8+,9+,12-/m1/s1. The number of carbonyl (C=O) groups excluding carboxylic acids is 1. The van der Waals surface area contributed by atoms with Crippen molar-refractivity contribution in [3.63, 3.8) is 0 Å². The second-order valence-electron chi connectivity index (χ2n) is 5.64. The molecule has 1 amide bonds. The molecule has 0 aromatic carbocycles. The van der Waals surface area contributed by atoms with Gasteiger partial charge in [0, 0.05) is 16.8 Å². The molecule has 3 heterocycles. The van der Waals surface area contributed by atoms with E-state index >= 15 is 0 Å². The summed E-state index contributed by atoms with van der Waals surface area (Å²) in [4.78, 5) is 27.4. The van der Waals surface area contributed by atoms with E-state index in [4.69, 9.17) is 19.9 Å². The average molecular weight is 421 g/mol. The number of nitrogens with zero attached hydrogens (tertiary/aromatic N) is 2. The molecule has 1 aromatic rings. The van der Waals surface area contributed by atoms with E-state index in [1.807, 2.05) is 13.8 Å². The number of hydrogen-bond donors (Lipinski definition) is 1. The molecule has 2 N–H and O–H groups in total. The summed E-state index contributed by atoms with van der Waals surface area (Å²) in [5.74, 6) is -1.62. The predicted octanol–water partition coefficient (Wildman–Crippen LogP) is 0.195. The first-order chi connectivity index (χ1) is 10.3. The maximum Gasteiger partial charge on any atom is 0.284 e. The number of ether oxygens (including phenoxy) is 3. The van der Waals surface area contributed by atoms with Gasteiger partial charge in [-0.25, -0.2) is 4.98 Å². The van der Waals surface area contributed by atoms with Crippen molar-refractivity contribution in [3.05, 3.63) is 28.4 Å². The summed E-state index contributed by atoms with van der Waals surface area (Å²) >= 11 is 2.20. The predicted molar refractivity (Wildman–Crippen MR) is 83.6 cm³/mol. The van der Waals surface area contributed by atoms with Crippen molar-refractivity contribution < 1.29 is 19.0 Å². The molecule has 0 spiro atoms. The summed E-state index contributed by atoms with van der Waals surface area (Å²) in [5, 5.41) is 0. The van der Waals surface area contributed by atoms with Gasteiger partial charge in [-0.1, -0.05) is 22.6 Å². The summed E-state index contributed by atoms with van der Waals surface area (Å²) in [5.41, 5.74) is 4.26. The molecule has 0 aliphatic carbocycles. The zero-order valence-electron chi connectivity index (χ0n) is 12.1. The average Bonchev–Trinajstić information content (AvgIpc) is 2.92. The number of primary amides is 1. The van der Waals surface area contributed by atoms with Crippen molar-refractivity contribution >= 4 is 28.5 Å². The lowest BCUT2D eigenvalue weighted by Gasteiger charge is -2.24. The third-order valence-corrected chi connectivity index (χ3v) is 4.52. The smallest absolute Gasteiger partial charge is 0.284 e. The Kier molecular flexibility index (Phi) is 4.00. The highest BCUT2D eigenvalue weighted by Gasteiger charge is 2.55. The third kappa shape index (κ3) is 2.55. The monoisotopic (exact) mass is 421 g/mol. The lowest BCUT2D eigenvalue weighted by molar-refractivity contribution is -0.194. The number of carbonyl (C=O) groups is 1. The number of hydrogen-bond acceptors (Lipinski definition) is 6. The maximum absolute atomic E-state index is 12.4. The lowest BCUT2D eigenvalue weighted by atomic mass is 10.1. The van der Waals surface area contributed by atoms with Crippen molar-refractivity contribution in [1.29, 1.82) is 0 Å². The molecule has 1 aromatic heterocycles. The summed E-state index contributed by atoms with van der Waals surface area (Å²) in [6, 6.07) is 0. The Morgan fingerprint density at radius 1 is 1.45 bits per heavy atom. The number of amides is 1. The topological polar surface area (TPSA) is 106 Å². The second kappa shape index (κ2) is 5.55. The molecule has 0 radical (unpaired) electrons. The van der Waals surface area contributed by atoms with E-state index in [9.17, 15) is 9.59 Å². The van der Waals surface area contributed by atoms with Crippen molar-refractivity contribution in [1.82, 2.24) is 9.55 Å². The van der Waals surface area contributed by atoms with Crippen LogP contribution in [0.25, 0.3) is 0 Å². The maximum atomic E-state index is 12.4. The molecule has 22 heavy (non-hydrogen) atoms. The molecule has 120 valence electrons. The molecule has 0 saturated carbocycles. The van der Waals surface area contributed by atoms with E-state index in [1.165, 1.54) is 17.0 Å². The van der Waals surface area contributed by atoms with Crippen LogP contribution >= 0.6 is 22.6 Å². The zero-order valence-corrected chi connectivity index (χ0v) is 14.2. The highest BCUT2D eigenvalue weighted by Crippen LogP contribution is 2.42. The number of aromatic nitrogens is 2. The first-order valence-electron chi connectivity index (χ1n) is 6.78. The van der Waals surface area contributed by atoms with Gasteiger partial charge in [-0.2, -0.15) is 0 Å². The molecule has 0 bridgehead atoms. The molecule has 0 unspecified atom stereocenters. The van der Waals surface area contributed by atoms with Crippen LogP contribution in [0.5, 0.6) is 0 Å². The molecule has 4 atom stereocenters. The minimum Gasteiger partial charge on any atom is -0.364 e. The summed E-state index contributed by atoms with van der Waals surface area (Å²) < 4.78 is 19.6. The number of halogens is 1. The van der Waals surface area contributed by atoms with Gasteiger partial charge in [0.25, 0.3) is 11.5 Å². The fourth-order valence-corrected chi connectivity index (χ4v) is 3.51.